The summed E-state index contributed by atoms with van der Waals surface area (Å²) >= 11 is 0. The third-order valence-corrected chi connectivity index (χ3v) is 3.78. The predicted octanol–water partition coefficient (Wildman–Crippen LogP) is 3.50. The Bertz CT molecular complexity index is 461. The zero-order valence-electron chi connectivity index (χ0n) is 12.9. The van der Waals surface area contributed by atoms with Crippen molar-refractivity contribution in [2.45, 2.75) is 64.1 Å². The van der Waals surface area contributed by atoms with E-state index >= 15 is 0 Å². The summed E-state index contributed by atoms with van der Waals surface area (Å²) in [6, 6.07) is 7.32. The summed E-state index contributed by atoms with van der Waals surface area (Å²) in [5.74, 6) is 0.658. The molecule has 2 rings (SSSR count). The maximum absolute atomic E-state index is 12.0. The number of rotatable bonds is 5. The number of nitrogens with one attached hydrogen (secondary N) is 1. The van der Waals surface area contributed by atoms with E-state index in [1.165, 1.54) is 0 Å². The fourth-order valence-corrected chi connectivity index (χ4v) is 2.78. The number of hydrogen-bond donors (Lipinski definition) is 2. The fourth-order valence-electron chi connectivity index (χ4n) is 2.78. The molecule has 0 unspecified atom stereocenters. The number of benzene rings is 1. The third kappa shape index (κ3) is 5.05. The van der Waals surface area contributed by atoms with Gasteiger partial charge in [0.25, 0.3) is 0 Å². The third-order valence-electron chi connectivity index (χ3n) is 3.78. The van der Waals surface area contributed by atoms with Gasteiger partial charge >= 0.3 is 0 Å². The van der Waals surface area contributed by atoms with Gasteiger partial charge in [-0.1, -0.05) is 19.3 Å². The number of amides is 1. The molecule has 1 aromatic carbocycles. The van der Waals surface area contributed by atoms with Gasteiger partial charge in [-0.2, -0.15) is 0 Å². The highest BCUT2D eigenvalue weighted by Gasteiger charge is 2.31. The van der Waals surface area contributed by atoms with Gasteiger partial charge < -0.3 is 15.2 Å². The number of carbonyl (C=O) groups excluding carboxylic acids is 1. The first-order valence-electron chi connectivity index (χ1n) is 7.76. The smallest absolute Gasteiger partial charge is 0.227 e. The first-order chi connectivity index (χ1) is 9.97. The van der Waals surface area contributed by atoms with Crippen LogP contribution in [0.5, 0.6) is 5.75 Å². The van der Waals surface area contributed by atoms with Crippen LogP contribution in [-0.2, 0) is 4.79 Å². The first-order valence-corrected chi connectivity index (χ1v) is 7.76. The molecule has 0 heterocycles. The molecule has 2 N–H and O–H groups in total. The van der Waals surface area contributed by atoms with Crippen LogP contribution in [0.2, 0.25) is 0 Å². The molecule has 4 nitrogen and oxygen atoms in total. The van der Waals surface area contributed by atoms with Crippen molar-refractivity contribution in [3.05, 3.63) is 24.3 Å². The molecular formula is C17H25NO3. The largest absolute Gasteiger partial charge is 0.491 e. The highest BCUT2D eigenvalue weighted by Crippen LogP contribution is 2.31. The molecule has 116 valence electrons. The van der Waals surface area contributed by atoms with Crippen molar-refractivity contribution in [2.75, 3.05) is 5.32 Å². The van der Waals surface area contributed by atoms with Crippen molar-refractivity contribution >= 4 is 11.6 Å². The zero-order valence-corrected chi connectivity index (χ0v) is 12.9. The summed E-state index contributed by atoms with van der Waals surface area (Å²) in [6.07, 6.45) is 4.92. The minimum absolute atomic E-state index is 0.128. The molecule has 0 saturated heterocycles. The highest BCUT2D eigenvalue weighted by molar-refractivity contribution is 5.91. The van der Waals surface area contributed by atoms with Crippen LogP contribution in [0.1, 0.15) is 52.4 Å². The summed E-state index contributed by atoms with van der Waals surface area (Å²) in [5.41, 5.74) is -0.0845. The van der Waals surface area contributed by atoms with Gasteiger partial charge in [-0.15, -0.1) is 0 Å². The van der Waals surface area contributed by atoms with Gasteiger partial charge in [0.1, 0.15) is 5.75 Å². The maximum Gasteiger partial charge on any atom is 0.227 e. The molecule has 4 heteroatoms. The van der Waals surface area contributed by atoms with Crippen LogP contribution < -0.4 is 10.1 Å². The van der Waals surface area contributed by atoms with E-state index < -0.39 is 5.60 Å². The average molecular weight is 291 g/mol. The molecule has 1 fully saturated rings. The highest BCUT2D eigenvalue weighted by atomic mass is 16.5. The van der Waals surface area contributed by atoms with Crippen molar-refractivity contribution in [1.82, 2.24) is 0 Å². The lowest BCUT2D eigenvalue weighted by Crippen LogP contribution is -2.35. The van der Waals surface area contributed by atoms with Crippen LogP contribution in [0.4, 0.5) is 5.69 Å². The molecule has 0 radical (unpaired) electrons. The monoisotopic (exact) mass is 291 g/mol. The molecule has 0 aliphatic heterocycles. The van der Waals surface area contributed by atoms with Gasteiger partial charge in [0.2, 0.25) is 5.91 Å². The van der Waals surface area contributed by atoms with E-state index in [1.807, 2.05) is 38.1 Å². The SMILES string of the molecule is CC(C)Oc1ccc(NC(=O)CC2(O)CCCCC2)cc1. The lowest BCUT2D eigenvalue weighted by atomic mass is 9.82. The molecule has 0 bridgehead atoms. The topological polar surface area (TPSA) is 58.6 Å². The normalized spacial score (nSPS) is 17.5. The summed E-state index contributed by atoms with van der Waals surface area (Å²) in [5, 5.41) is 13.2. The van der Waals surface area contributed by atoms with E-state index in [4.69, 9.17) is 4.74 Å². The number of aliphatic hydroxyl groups is 1. The molecule has 1 saturated carbocycles. The van der Waals surface area contributed by atoms with Crippen LogP contribution >= 0.6 is 0 Å². The standard InChI is InChI=1S/C17H25NO3/c1-13(2)21-15-8-6-14(7-9-15)18-16(19)12-17(20)10-4-3-5-11-17/h6-9,13,20H,3-5,10-12H2,1-2H3,(H,18,19). The molecular weight excluding hydrogens is 266 g/mol. The summed E-state index contributed by atoms with van der Waals surface area (Å²) in [6.45, 7) is 3.95. The molecule has 1 aliphatic carbocycles. The summed E-state index contributed by atoms with van der Waals surface area (Å²) < 4.78 is 5.56. The second kappa shape index (κ2) is 6.94. The lowest BCUT2D eigenvalue weighted by Gasteiger charge is -2.31. The van der Waals surface area contributed by atoms with Crippen LogP contribution in [0, 0.1) is 0 Å². The Labute approximate surface area is 126 Å². The predicted molar refractivity (Wildman–Crippen MR) is 83.5 cm³/mol. The van der Waals surface area contributed by atoms with Crippen molar-refractivity contribution in [3.63, 3.8) is 0 Å². The Morgan fingerprint density at radius 3 is 2.43 bits per heavy atom. The fraction of sp³-hybridized carbons (Fsp3) is 0.588. The van der Waals surface area contributed by atoms with Crippen molar-refractivity contribution in [1.29, 1.82) is 0 Å². The summed E-state index contributed by atoms with van der Waals surface area (Å²) in [4.78, 5) is 12.0. The molecule has 0 spiro atoms. The molecule has 21 heavy (non-hydrogen) atoms. The van der Waals surface area contributed by atoms with E-state index in [0.29, 0.717) is 0 Å². The first kappa shape index (κ1) is 15.8. The molecule has 1 amide bonds. The molecule has 1 aromatic rings. The number of anilines is 1. The van der Waals surface area contributed by atoms with Crippen LogP contribution in [0.25, 0.3) is 0 Å². The van der Waals surface area contributed by atoms with E-state index in [0.717, 1.165) is 43.5 Å². The van der Waals surface area contributed by atoms with Gasteiger partial charge in [0, 0.05) is 5.69 Å². The van der Waals surface area contributed by atoms with Crippen LogP contribution in [0.3, 0.4) is 0 Å². The van der Waals surface area contributed by atoms with Gasteiger partial charge in [-0.05, 0) is 51.0 Å². The number of ether oxygens (including phenoxy) is 1. The second-order valence-electron chi connectivity index (χ2n) is 6.20. The Morgan fingerprint density at radius 2 is 1.86 bits per heavy atom. The number of carbonyl (C=O) groups is 1. The van der Waals surface area contributed by atoms with Crippen LogP contribution in [-0.4, -0.2) is 22.7 Å². The Hall–Kier alpha value is -1.55. The zero-order chi connectivity index (χ0) is 15.3. The number of hydrogen-bond acceptors (Lipinski definition) is 3. The summed E-state index contributed by atoms with van der Waals surface area (Å²) in [7, 11) is 0. The van der Waals surface area contributed by atoms with Crippen molar-refractivity contribution in [2.24, 2.45) is 0 Å². The Morgan fingerprint density at radius 1 is 1.24 bits per heavy atom. The van der Waals surface area contributed by atoms with E-state index in [1.54, 1.807) is 0 Å². The van der Waals surface area contributed by atoms with E-state index in [9.17, 15) is 9.90 Å². The minimum Gasteiger partial charge on any atom is -0.491 e. The van der Waals surface area contributed by atoms with E-state index in [-0.39, 0.29) is 18.4 Å². The van der Waals surface area contributed by atoms with Crippen molar-refractivity contribution in [3.8, 4) is 5.75 Å². The Balaban J connectivity index is 1.87. The van der Waals surface area contributed by atoms with Gasteiger partial charge in [0.15, 0.2) is 0 Å². The minimum atomic E-state index is -0.816. The maximum atomic E-state index is 12.0. The van der Waals surface area contributed by atoms with Crippen molar-refractivity contribution < 1.29 is 14.6 Å². The second-order valence-corrected chi connectivity index (χ2v) is 6.20. The lowest BCUT2D eigenvalue weighted by molar-refractivity contribution is -0.122. The van der Waals surface area contributed by atoms with E-state index in [2.05, 4.69) is 5.32 Å². The van der Waals surface area contributed by atoms with Gasteiger partial charge in [0.05, 0.1) is 18.1 Å². The molecule has 0 atom stereocenters. The molecule has 1 aliphatic rings. The molecule has 0 aromatic heterocycles. The average Bonchev–Trinajstić information content (AvgIpc) is 2.40. The quantitative estimate of drug-likeness (QED) is 0.873. The van der Waals surface area contributed by atoms with Gasteiger partial charge in [-0.25, -0.2) is 0 Å². The Kier molecular flexibility index (Phi) is 5.23. The van der Waals surface area contributed by atoms with Crippen LogP contribution in [0.15, 0.2) is 24.3 Å². The van der Waals surface area contributed by atoms with Gasteiger partial charge in [-0.3, -0.25) is 4.79 Å².